The number of rotatable bonds is 2. The van der Waals surface area contributed by atoms with E-state index < -0.39 is 11.9 Å². The van der Waals surface area contributed by atoms with Crippen molar-refractivity contribution in [2.45, 2.75) is 6.92 Å². The van der Waals surface area contributed by atoms with Gasteiger partial charge in [0.2, 0.25) is 0 Å². The van der Waals surface area contributed by atoms with Gasteiger partial charge in [0.05, 0.1) is 11.6 Å². The van der Waals surface area contributed by atoms with Crippen LogP contribution in [-0.4, -0.2) is 34.9 Å². The smallest absolute Gasteiger partial charge is 0.279 e. The van der Waals surface area contributed by atoms with Crippen LogP contribution in [0.2, 0.25) is 5.02 Å². The third-order valence-corrected chi connectivity index (χ3v) is 3.85. The van der Waals surface area contributed by atoms with Gasteiger partial charge >= 0.3 is 6.03 Å². The van der Waals surface area contributed by atoms with Crippen LogP contribution in [0, 0.1) is 5.92 Å². The molecule has 0 saturated carbocycles. The third-order valence-electron chi connectivity index (χ3n) is 3.61. The van der Waals surface area contributed by atoms with Crippen molar-refractivity contribution in [1.29, 1.82) is 0 Å². The predicted octanol–water partition coefficient (Wildman–Crippen LogP) is 3.52. The summed E-state index contributed by atoms with van der Waals surface area (Å²) >= 11 is 5.92. The average Bonchev–Trinajstić information content (AvgIpc) is 2.55. The molecule has 5 nitrogen and oxygen atoms in total. The van der Waals surface area contributed by atoms with Crippen molar-refractivity contribution in [3.8, 4) is 0 Å². The van der Waals surface area contributed by atoms with E-state index in [4.69, 9.17) is 11.6 Å². The number of urea groups is 1. The Morgan fingerprint density at radius 3 is 2.96 bits per heavy atom. The van der Waals surface area contributed by atoms with Crippen LogP contribution in [0.5, 0.6) is 0 Å². The topological polar surface area (TPSA) is 62.1 Å². The number of aliphatic imine (C=N–C) groups is 2. The van der Waals surface area contributed by atoms with E-state index in [1.807, 2.05) is 19.1 Å². The number of allylic oxidation sites excluding steroid dienone is 3. The molecule has 23 heavy (non-hydrogen) atoms. The van der Waals surface area contributed by atoms with Crippen molar-refractivity contribution < 1.29 is 9.59 Å². The Balaban J connectivity index is 2.02. The Hall–Kier alpha value is -2.53. The van der Waals surface area contributed by atoms with Crippen molar-refractivity contribution in [3.63, 3.8) is 0 Å². The van der Waals surface area contributed by atoms with E-state index in [9.17, 15) is 9.59 Å². The van der Waals surface area contributed by atoms with Gasteiger partial charge in [-0.1, -0.05) is 35.9 Å². The maximum atomic E-state index is 12.4. The normalized spacial score (nSPS) is 21.4. The standard InChI is InChI=1S/C17H14ClN3O2/c1-2-21-15(13-8-3-4-9-14(13)19-17(21)23)20-16(22)11-6-5-7-12(18)10-11/h3-10,13H,2H2,1H3. The largest absolute Gasteiger partial charge is 0.349 e. The first-order valence-electron chi connectivity index (χ1n) is 7.23. The molecule has 1 aromatic rings. The number of hydrogen-bond donors (Lipinski definition) is 0. The first-order chi connectivity index (χ1) is 11.1. The number of amidine groups is 1. The fourth-order valence-electron chi connectivity index (χ4n) is 2.51. The zero-order chi connectivity index (χ0) is 16.4. The van der Waals surface area contributed by atoms with Crippen molar-refractivity contribution >= 4 is 35.1 Å². The zero-order valence-electron chi connectivity index (χ0n) is 12.4. The van der Waals surface area contributed by atoms with E-state index in [1.54, 1.807) is 36.4 Å². The Morgan fingerprint density at radius 1 is 1.39 bits per heavy atom. The highest BCUT2D eigenvalue weighted by molar-refractivity contribution is 6.31. The number of nitrogens with zero attached hydrogens (tertiary/aromatic N) is 3. The fraction of sp³-hybridized carbons (Fsp3) is 0.176. The maximum absolute atomic E-state index is 12.4. The van der Waals surface area contributed by atoms with Crippen LogP contribution in [-0.2, 0) is 0 Å². The van der Waals surface area contributed by atoms with Gasteiger partial charge in [-0.25, -0.2) is 4.79 Å². The molecule has 0 radical (unpaired) electrons. The van der Waals surface area contributed by atoms with Crippen LogP contribution >= 0.6 is 11.6 Å². The second kappa shape index (κ2) is 6.30. The highest BCUT2D eigenvalue weighted by atomic mass is 35.5. The molecule has 116 valence electrons. The van der Waals surface area contributed by atoms with Gasteiger partial charge in [-0.3, -0.25) is 9.69 Å². The first kappa shape index (κ1) is 15.4. The summed E-state index contributed by atoms with van der Waals surface area (Å²) in [4.78, 5) is 34.2. The quantitative estimate of drug-likeness (QED) is 0.834. The molecule has 1 unspecified atom stereocenters. The zero-order valence-corrected chi connectivity index (χ0v) is 13.2. The lowest BCUT2D eigenvalue weighted by Crippen LogP contribution is -2.46. The molecule has 0 saturated heterocycles. The minimum atomic E-state index is -0.432. The van der Waals surface area contributed by atoms with Crippen LogP contribution in [0.4, 0.5) is 4.79 Å². The molecular weight excluding hydrogens is 314 g/mol. The van der Waals surface area contributed by atoms with Gasteiger partial charge in [-0.2, -0.15) is 9.98 Å². The number of amides is 3. The molecule has 1 aliphatic carbocycles. The van der Waals surface area contributed by atoms with E-state index in [-0.39, 0.29) is 5.92 Å². The summed E-state index contributed by atoms with van der Waals surface area (Å²) in [5.41, 5.74) is 0.979. The Labute approximate surface area is 138 Å². The molecule has 1 aromatic carbocycles. The van der Waals surface area contributed by atoms with Gasteiger partial charge in [0.15, 0.2) is 0 Å². The first-order valence-corrected chi connectivity index (χ1v) is 7.61. The van der Waals surface area contributed by atoms with Crippen LogP contribution in [0.15, 0.2) is 58.6 Å². The van der Waals surface area contributed by atoms with E-state index in [1.165, 1.54) is 4.90 Å². The van der Waals surface area contributed by atoms with Crippen LogP contribution in [0.25, 0.3) is 0 Å². The molecule has 1 aliphatic heterocycles. The summed E-state index contributed by atoms with van der Waals surface area (Å²) in [6, 6.07) is 6.17. The molecular formula is C17H14ClN3O2. The molecule has 1 atom stereocenters. The van der Waals surface area contributed by atoms with Crippen molar-refractivity contribution in [3.05, 3.63) is 59.2 Å². The molecule has 0 bridgehead atoms. The highest BCUT2D eigenvalue weighted by Crippen LogP contribution is 2.21. The second-order valence-electron chi connectivity index (χ2n) is 5.07. The van der Waals surface area contributed by atoms with E-state index >= 15 is 0 Å². The monoisotopic (exact) mass is 327 g/mol. The third kappa shape index (κ3) is 3.00. The molecule has 6 heteroatoms. The molecule has 0 spiro atoms. The van der Waals surface area contributed by atoms with Crippen molar-refractivity contribution in [2.75, 3.05) is 6.54 Å². The maximum Gasteiger partial charge on any atom is 0.349 e. The van der Waals surface area contributed by atoms with E-state index in [2.05, 4.69) is 9.98 Å². The van der Waals surface area contributed by atoms with E-state index in [0.717, 1.165) is 0 Å². The van der Waals surface area contributed by atoms with Gasteiger partial charge in [0.1, 0.15) is 5.84 Å². The minimum absolute atomic E-state index is 0.291. The number of halogens is 1. The summed E-state index contributed by atoms with van der Waals surface area (Å²) in [5.74, 6) is -0.327. The van der Waals surface area contributed by atoms with Crippen LogP contribution in [0.1, 0.15) is 17.3 Å². The fourth-order valence-corrected chi connectivity index (χ4v) is 2.70. The van der Waals surface area contributed by atoms with Gasteiger partial charge in [-0.05, 0) is 31.2 Å². The molecule has 0 fully saturated rings. The lowest BCUT2D eigenvalue weighted by molar-refractivity contribution is 0.100. The molecule has 2 aliphatic rings. The number of fused-ring (bicyclic) bond motifs is 1. The van der Waals surface area contributed by atoms with Gasteiger partial charge in [0.25, 0.3) is 5.91 Å². The van der Waals surface area contributed by atoms with E-state index in [0.29, 0.717) is 28.7 Å². The minimum Gasteiger partial charge on any atom is -0.279 e. The molecule has 0 N–H and O–H groups in total. The predicted molar refractivity (Wildman–Crippen MR) is 90.2 cm³/mol. The number of hydrogen-bond acceptors (Lipinski definition) is 2. The van der Waals surface area contributed by atoms with Gasteiger partial charge < -0.3 is 0 Å². The SMILES string of the molecule is CCN1C(=O)N=C2C=CC=CC2C1=NC(=O)c1cccc(Cl)c1. The number of benzene rings is 1. The summed E-state index contributed by atoms with van der Waals surface area (Å²) in [5, 5.41) is 0.464. The summed E-state index contributed by atoms with van der Waals surface area (Å²) in [6.45, 7) is 2.21. The second-order valence-corrected chi connectivity index (χ2v) is 5.51. The van der Waals surface area contributed by atoms with Crippen LogP contribution < -0.4 is 0 Å². The summed E-state index contributed by atoms with van der Waals surface area (Å²) < 4.78 is 0. The van der Waals surface area contributed by atoms with Crippen molar-refractivity contribution in [2.24, 2.45) is 15.9 Å². The molecule has 3 amide bonds. The Bertz CT molecular complexity index is 793. The van der Waals surface area contributed by atoms with Crippen LogP contribution in [0.3, 0.4) is 0 Å². The summed E-state index contributed by atoms with van der Waals surface area (Å²) in [7, 11) is 0. The molecule has 0 aromatic heterocycles. The highest BCUT2D eigenvalue weighted by Gasteiger charge is 2.33. The summed E-state index contributed by atoms with van der Waals surface area (Å²) in [6.07, 6.45) is 7.29. The Kier molecular flexibility index (Phi) is 4.21. The van der Waals surface area contributed by atoms with Gasteiger partial charge in [0, 0.05) is 17.1 Å². The van der Waals surface area contributed by atoms with Gasteiger partial charge in [-0.15, -0.1) is 0 Å². The lowest BCUT2D eigenvalue weighted by Gasteiger charge is -2.30. The molecule has 3 rings (SSSR count). The lowest BCUT2D eigenvalue weighted by atomic mass is 9.94. The number of carbonyl (C=O) groups excluding carboxylic acids is 2. The Morgan fingerprint density at radius 2 is 2.22 bits per heavy atom. The van der Waals surface area contributed by atoms with Crippen molar-refractivity contribution in [1.82, 2.24) is 4.90 Å². The average molecular weight is 328 g/mol. The molecule has 1 heterocycles. The number of carbonyl (C=O) groups is 2.